The van der Waals surface area contributed by atoms with E-state index in [0.717, 1.165) is 17.7 Å². The lowest BCUT2D eigenvalue weighted by molar-refractivity contribution is -0.158. The van der Waals surface area contributed by atoms with E-state index >= 15 is 0 Å². The second-order valence-electron chi connectivity index (χ2n) is 7.35. The summed E-state index contributed by atoms with van der Waals surface area (Å²) in [5, 5.41) is 2.65. The van der Waals surface area contributed by atoms with Gasteiger partial charge in [-0.3, -0.25) is 14.4 Å². The van der Waals surface area contributed by atoms with Gasteiger partial charge in [-0.25, -0.2) is 4.39 Å². The van der Waals surface area contributed by atoms with Crippen LogP contribution in [0.1, 0.15) is 31.4 Å². The SMILES string of the molecule is CCc1ccc(N2CC(C(=O)OC(C)C(=O)NCc3ccc(F)cc3)CC2=O)cc1. The van der Waals surface area contributed by atoms with Gasteiger partial charge in [0.25, 0.3) is 5.91 Å². The average Bonchev–Trinajstić information content (AvgIpc) is 3.15. The molecule has 1 N–H and O–H groups in total. The molecule has 1 aliphatic rings. The Hall–Kier alpha value is -3.22. The molecule has 0 bridgehead atoms. The fourth-order valence-corrected chi connectivity index (χ4v) is 3.29. The van der Waals surface area contributed by atoms with E-state index in [1.165, 1.54) is 24.6 Å². The normalized spacial score (nSPS) is 17.0. The number of ether oxygens (including phenoxy) is 1. The third-order valence-corrected chi connectivity index (χ3v) is 5.16. The van der Waals surface area contributed by atoms with Crippen LogP contribution in [0, 0.1) is 11.7 Å². The molecule has 0 saturated carbocycles. The third-order valence-electron chi connectivity index (χ3n) is 5.16. The predicted octanol–water partition coefficient (Wildman–Crippen LogP) is 2.99. The van der Waals surface area contributed by atoms with Crippen molar-refractivity contribution < 1.29 is 23.5 Å². The van der Waals surface area contributed by atoms with Gasteiger partial charge in [0.1, 0.15) is 5.82 Å². The van der Waals surface area contributed by atoms with E-state index in [1.54, 1.807) is 17.0 Å². The zero-order valence-electron chi connectivity index (χ0n) is 17.1. The van der Waals surface area contributed by atoms with E-state index < -0.39 is 23.9 Å². The van der Waals surface area contributed by atoms with Gasteiger partial charge in [-0.05, 0) is 48.7 Å². The van der Waals surface area contributed by atoms with E-state index in [0.29, 0.717) is 0 Å². The van der Waals surface area contributed by atoms with Crippen molar-refractivity contribution >= 4 is 23.5 Å². The number of nitrogens with zero attached hydrogens (tertiary/aromatic N) is 1. The van der Waals surface area contributed by atoms with Crippen LogP contribution >= 0.6 is 0 Å². The van der Waals surface area contributed by atoms with Crippen LogP contribution in [0.4, 0.5) is 10.1 Å². The number of rotatable bonds is 7. The molecular weight excluding hydrogens is 387 g/mol. The van der Waals surface area contributed by atoms with Gasteiger partial charge in [-0.2, -0.15) is 0 Å². The van der Waals surface area contributed by atoms with Crippen LogP contribution in [-0.4, -0.2) is 30.4 Å². The van der Waals surface area contributed by atoms with Gasteiger partial charge in [0, 0.05) is 25.2 Å². The number of carbonyl (C=O) groups excluding carboxylic acids is 3. The third kappa shape index (κ3) is 5.23. The van der Waals surface area contributed by atoms with E-state index in [2.05, 4.69) is 12.2 Å². The van der Waals surface area contributed by atoms with Gasteiger partial charge in [-0.1, -0.05) is 31.2 Å². The van der Waals surface area contributed by atoms with Crippen molar-refractivity contribution in [3.05, 3.63) is 65.5 Å². The van der Waals surface area contributed by atoms with Gasteiger partial charge < -0.3 is 15.0 Å². The molecule has 2 amide bonds. The highest BCUT2D eigenvalue weighted by atomic mass is 19.1. The predicted molar refractivity (Wildman–Crippen MR) is 110 cm³/mol. The molecule has 2 atom stereocenters. The molecule has 0 aliphatic carbocycles. The summed E-state index contributed by atoms with van der Waals surface area (Å²) < 4.78 is 18.2. The number of anilines is 1. The smallest absolute Gasteiger partial charge is 0.312 e. The van der Waals surface area contributed by atoms with Crippen LogP contribution in [0.2, 0.25) is 0 Å². The highest BCUT2D eigenvalue weighted by molar-refractivity contribution is 5.99. The lowest BCUT2D eigenvalue weighted by Crippen LogP contribution is -2.37. The van der Waals surface area contributed by atoms with Crippen molar-refractivity contribution in [3.63, 3.8) is 0 Å². The molecule has 30 heavy (non-hydrogen) atoms. The van der Waals surface area contributed by atoms with Gasteiger partial charge in [0.15, 0.2) is 6.10 Å². The lowest BCUT2D eigenvalue weighted by atomic mass is 10.1. The minimum atomic E-state index is -0.995. The monoisotopic (exact) mass is 412 g/mol. The minimum absolute atomic E-state index is 0.0539. The first kappa shape index (κ1) is 21.5. The summed E-state index contributed by atoms with van der Waals surface area (Å²) in [4.78, 5) is 38.6. The summed E-state index contributed by atoms with van der Waals surface area (Å²) in [5.74, 6) is -2.14. The molecule has 3 rings (SSSR count). The first-order valence-corrected chi connectivity index (χ1v) is 9.99. The van der Waals surface area contributed by atoms with Crippen LogP contribution in [0.15, 0.2) is 48.5 Å². The summed E-state index contributed by atoms with van der Waals surface area (Å²) in [5.41, 5.74) is 2.65. The number of aryl methyl sites for hydroxylation is 1. The van der Waals surface area contributed by atoms with Crippen LogP contribution in [0.25, 0.3) is 0 Å². The molecule has 2 unspecified atom stereocenters. The molecule has 0 spiro atoms. The molecule has 0 radical (unpaired) electrons. The van der Waals surface area contributed by atoms with Crippen LogP contribution in [-0.2, 0) is 32.1 Å². The zero-order chi connectivity index (χ0) is 21.7. The van der Waals surface area contributed by atoms with Crippen LogP contribution in [0.5, 0.6) is 0 Å². The molecule has 0 aromatic heterocycles. The number of hydrogen-bond acceptors (Lipinski definition) is 4. The van der Waals surface area contributed by atoms with Gasteiger partial charge in [0.05, 0.1) is 5.92 Å². The Morgan fingerprint density at radius 3 is 2.40 bits per heavy atom. The average molecular weight is 412 g/mol. The maximum absolute atomic E-state index is 12.9. The van der Waals surface area contributed by atoms with Crippen LogP contribution in [0.3, 0.4) is 0 Å². The van der Waals surface area contributed by atoms with E-state index in [4.69, 9.17) is 4.74 Å². The summed E-state index contributed by atoms with van der Waals surface area (Å²) >= 11 is 0. The summed E-state index contributed by atoms with van der Waals surface area (Å²) in [6.45, 7) is 3.96. The van der Waals surface area contributed by atoms with Crippen molar-refractivity contribution in [1.29, 1.82) is 0 Å². The Kier molecular flexibility index (Phi) is 6.82. The number of carbonyl (C=O) groups is 3. The molecule has 7 heteroatoms. The van der Waals surface area contributed by atoms with Crippen LogP contribution < -0.4 is 10.2 Å². The maximum Gasteiger partial charge on any atom is 0.312 e. The zero-order valence-corrected chi connectivity index (χ0v) is 17.1. The summed E-state index contributed by atoms with van der Waals surface area (Å²) in [6.07, 6.45) is -0.0336. The molecular formula is C23H25FN2O4. The second-order valence-corrected chi connectivity index (χ2v) is 7.35. The number of amides is 2. The van der Waals surface area contributed by atoms with Gasteiger partial charge in [0.2, 0.25) is 5.91 Å². The number of benzene rings is 2. The Balaban J connectivity index is 1.51. The van der Waals surface area contributed by atoms with E-state index in [1.807, 2.05) is 24.3 Å². The molecule has 1 saturated heterocycles. The van der Waals surface area contributed by atoms with Gasteiger partial charge >= 0.3 is 5.97 Å². The maximum atomic E-state index is 12.9. The first-order chi connectivity index (χ1) is 14.4. The van der Waals surface area contributed by atoms with Crippen molar-refractivity contribution in [1.82, 2.24) is 5.32 Å². The fraction of sp³-hybridized carbons (Fsp3) is 0.348. The van der Waals surface area contributed by atoms with Crippen molar-refractivity contribution in [2.45, 2.75) is 39.3 Å². The van der Waals surface area contributed by atoms with Crippen molar-refractivity contribution in [2.75, 3.05) is 11.4 Å². The Morgan fingerprint density at radius 1 is 1.13 bits per heavy atom. The Labute approximate surface area is 175 Å². The summed E-state index contributed by atoms with van der Waals surface area (Å²) in [6, 6.07) is 13.4. The lowest BCUT2D eigenvalue weighted by Gasteiger charge is -2.18. The number of halogens is 1. The molecule has 1 aliphatic heterocycles. The molecule has 158 valence electrons. The molecule has 1 heterocycles. The number of hydrogen-bond donors (Lipinski definition) is 1. The Morgan fingerprint density at radius 2 is 1.77 bits per heavy atom. The second kappa shape index (κ2) is 9.52. The minimum Gasteiger partial charge on any atom is -0.452 e. The van der Waals surface area contributed by atoms with E-state index in [9.17, 15) is 18.8 Å². The number of esters is 1. The molecule has 2 aromatic carbocycles. The number of nitrogens with one attached hydrogen (secondary N) is 1. The van der Waals surface area contributed by atoms with Crippen molar-refractivity contribution in [3.8, 4) is 0 Å². The Bertz CT molecular complexity index is 912. The largest absolute Gasteiger partial charge is 0.452 e. The highest BCUT2D eigenvalue weighted by Crippen LogP contribution is 2.26. The van der Waals surface area contributed by atoms with Gasteiger partial charge in [-0.15, -0.1) is 0 Å². The first-order valence-electron chi connectivity index (χ1n) is 9.99. The summed E-state index contributed by atoms with van der Waals surface area (Å²) in [7, 11) is 0. The fourth-order valence-electron chi connectivity index (χ4n) is 3.29. The topological polar surface area (TPSA) is 75.7 Å². The molecule has 2 aromatic rings. The quantitative estimate of drug-likeness (QED) is 0.710. The highest BCUT2D eigenvalue weighted by Gasteiger charge is 2.37. The van der Waals surface area contributed by atoms with Crippen molar-refractivity contribution in [2.24, 2.45) is 5.92 Å². The van der Waals surface area contributed by atoms with E-state index in [-0.39, 0.29) is 31.2 Å². The molecule has 6 nitrogen and oxygen atoms in total. The standard InChI is InChI=1S/C23H25FN2O4/c1-3-16-6-10-20(11-7-16)26-14-18(12-21(26)27)23(29)30-15(2)22(28)25-13-17-4-8-19(24)9-5-17/h4-11,15,18H,3,12-14H2,1-2H3,(H,25,28). The molecule has 1 fully saturated rings.